The quantitative estimate of drug-likeness (QED) is 0.612. The van der Waals surface area contributed by atoms with Crippen LogP contribution in [0.1, 0.15) is 49.9 Å². The predicted octanol–water partition coefficient (Wildman–Crippen LogP) is 3.69. The van der Waals surface area contributed by atoms with Gasteiger partial charge in [0.05, 0.1) is 24.1 Å². The maximum absolute atomic E-state index is 11.9. The molecule has 0 spiro atoms. The molecule has 0 fully saturated rings. The van der Waals surface area contributed by atoms with Crippen LogP contribution in [0.4, 0.5) is 5.69 Å². The lowest BCUT2D eigenvalue weighted by molar-refractivity contribution is 0.0429. The van der Waals surface area contributed by atoms with Gasteiger partial charge in [-0.05, 0) is 18.4 Å². The van der Waals surface area contributed by atoms with Gasteiger partial charge in [-0.25, -0.2) is 9.78 Å². The lowest BCUT2D eigenvalue weighted by atomic mass is 10.0. The molecule has 4 nitrogen and oxygen atoms in total. The van der Waals surface area contributed by atoms with Crippen LogP contribution in [-0.2, 0) is 4.74 Å². The van der Waals surface area contributed by atoms with Crippen LogP contribution in [-0.4, -0.2) is 17.6 Å². The zero-order chi connectivity index (χ0) is 14.3. The summed E-state index contributed by atoms with van der Waals surface area (Å²) in [6.07, 6.45) is 5.75. The summed E-state index contributed by atoms with van der Waals surface area (Å²) in [7, 11) is 0. The van der Waals surface area contributed by atoms with Crippen molar-refractivity contribution >= 4 is 23.3 Å². The highest BCUT2D eigenvalue weighted by Crippen LogP contribution is 2.18. The third-order valence-electron chi connectivity index (χ3n) is 3.11. The number of esters is 1. The second kappa shape index (κ2) is 8.00. The molecule has 0 saturated heterocycles. The second-order valence-electron chi connectivity index (χ2n) is 4.61. The molecule has 1 atom stereocenters. The lowest BCUT2D eigenvalue weighted by Gasteiger charge is -2.15. The van der Waals surface area contributed by atoms with Gasteiger partial charge in [0.25, 0.3) is 0 Å². The topological polar surface area (TPSA) is 65.2 Å². The maximum atomic E-state index is 11.9. The van der Waals surface area contributed by atoms with Crippen molar-refractivity contribution in [1.82, 2.24) is 4.98 Å². The van der Waals surface area contributed by atoms with Gasteiger partial charge in [0.1, 0.15) is 5.15 Å². The fourth-order valence-electron chi connectivity index (χ4n) is 1.79. The van der Waals surface area contributed by atoms with Crippen molar-refractivity contribution in [3.63, 3.8) is 0 Å². The zero-order valence-corrected chi connectivity index (χ0v) is 12.2. The van der Waals surface area contributed by atoms with Crippen molar-refractivity contribution in [3.8, 4) is 0 Å². The molecule has 106 valence electrons. The van der Waals surface area contributed by atoms with Crippen LogP contribution in [0.5, 0.6) is 0 Å². The number of rotatable bonds is 7. The smallest absolute Gasteiger partial charge is 0.340 e. The number of pyridine rings is 1. The highest BCUT2D eigenvalue weighted by atomic mass is 35.5. The Morgan fingerprint density at radius 2 is 2.26 bits per heavy atom. The van der Waals surface area contributed by atoms with E-state index in [1.165, 1.54) is 12.3 Å². The molecule has 0 aliphatic heterocycles. The van der Waals surface area contributed by atoms with Crippen LogP contribution in [0.2, 0.25) is 5.15 Å². The van der Waals surface area contributed by atoms with Gasteiger partial charge in [-0.1, -0.05) is 44.7 Å². The third kappa shape index (κ3) is 5.07. The Bertz CT molecular complexity index is 424. The Morgan fingerprint density at radius 3 is 2.89 bits per heavy atom. The number of aromatic nitrogens is 1. The molecular formula is C14H21ClN2O2. The Hall–Kier alpha value is -1.29. The number of hydrogen-bond donors (Lipinski definition) is 1. The molecule has 2 N–H and O–H groups in total. The van der Waals surface area contributed by atoms with E-state index in [9.17, 15) is 4.79 Å². The molecule has 0 aliphatic rings. The molecule has 1 unspecified atom stereocenters. The number of nitrogens with zero attached hydrogens (tertiary/aromatic N) is 1. The van der Waals surface area contributed by atoms with Crippen LogP contribution in [0.25, 0.3) is 0 Å². The number of halogens is 1. The normalized spacial score (nSPS) is 12.2. The highest BCUT2D eigenvalue weighted by molar-refractivity contribution is 6.29. The van der Waals surface area contributed by atoms with E-state index in [4.69, 9.17) is 22.1 Å². The van der Waals surface area contributed by atoms with Crippen LogP contribution >= 0.6 is 11.6 Å². The number of nitrogen functional groups attached to an aromatic ring is 1. The minimum atomic E-state index is -0.434. The molecule has 5 heteroatoms. The van der Waals surface area contributed by atoms with Gasteiger partial charge in [-0.3, -0.25) is 0 Å². The highest BCUT2D eigenvalue weighted by Gasteiger charge is 2.15. The van der Waals surface area contributed by atoms with Crippen molar-refractivity contribution in [2.75, 3.05) is 12.3 Å². The number of anilines is 1. The van der Waals surface area contributed by atoms with Gasteiger partial charge in [-0.15, -0.1) is 0 Å². The summed E-state index contributed by atoms with van der Waals surface area (Å²) in [4.78, 5) is 15.7. The van der Waals surface area contributed by atoms with E-state index in [-0.39, 0.29) is 16.4 Å². The molecule has 0 amide bonds. The summed E-state index contributed by atoms with van der Waals surface area (Å²) in [5.74, 6) is -0.0285. The zero-order valence-electron chi connectivity index (χ0n) is 11.5. The van der Waals surface area contributed by atoms with E-state index in [0.29, 0.717) is 12.5 Å². The van der Waals surface area contributed by atoms with Gasteiger partial charge in [0.15, 0.2) is 0 Å². The van der Waals surface area contributed by atoms with E-state index in [1.807, 2.05) is 0 Å². The first-order valence-electron chi connectivity index (χ1n) is 6.66. The minimum Gasteiger partial charge on any atom is -0.462 e. The molecule has 19 heavy (non-hydrogen) atoms. The molecule has 0 aromatic carbocycles. The molecule has 1 heterocycles. The first-order valence-corrected chi connectivity index (χ1v) is 7.04. The largest absolute Gasteiger partial charge is 0.462 e. The van der Waals surface area contributed by atoms with Gasteiger partial charge in [0, 0.05) is 0 Å². The molecule has 0 bridgehead atoms. The monoisotopic (exact) mass is 284 g/mol. The van der Waals surface area contributed by atoms with Crippen LogP contribution in [0, 0.1) is 5.92 Å². The standard InChI is InChI=1S/C14H21ClN2O2/c1-3-5-6-10(4-2)9-19-14(18)11-7-13(15)17-8-12(11)16/h7-8,10H,3-6,9,16H2,1-2H3. The number of unbranched alkanes of at least 4 members (excludes halogenated alkanes) is 1. The maximum Gasteiger partial charge on any atom is 0.340 e. The van der Waals surface area contributed by atoms with E-state index in [1.54, 1.807) is 0 Å². The number of carbonyl (C=O) groups excluding carboxylic acids is 1. The average Bonchev–Trinajstić information content (AvgIpc) is 2.41. The summed E-state index contributed by atoms with van der Waals surface area (Å²) in [5, 5.41) is 0.235. The van der Waals surface area contributed by atoms with Gasteiger partial charge in [-0.2, -0.15) is 0 Å². The number of carbonyl (C=O) groups is 1. The summed E-state index contributed by atoms with van der Waals surface area (Å²) < 4.78 is 5.31. The van der Waals surface area contributed by atoms with Crippen molar-refractivity contribution in [2.45, 2.75) is 39.5 Å². The first-order chi connectivity index (χ1) is 9.08. The SMILES string of the molecule is CCCCC(CC)COC(=O)c1cc(Cl)ncc1N. The minimum absolute atomic E-state index is 0.235. The summed E-state index contributed by atoms with van der Waals surface area (Å²) in [6, 6.07) is 1.44. The molecule has 1 rings (SSSR count). The summed E-state index contributed by atoms with van der Waals surface area (Å²) >= 11 is 5.74. The molecule has 0 saturated carbocycles. The first kappa shape index (κ1) is 15.8. The Balaban J connectivity index is 2.56. The van der Waals surface area contributed by atoms with E-state index < -0.39 is 5.97 Å². The molecular weight excluding hydrogens is 264 g/mol. The summed E-state index contributed by atoms with van der Waals surface area (Å²) in [6.45, 7) is 4.68. The Morgan fingerprint density at radius 1 is 1.53 bits per heavy atom. The van der Waals surface area contributed by atoms with Gasteiger partial charge < -0.3 is 10.5 Å². The van der Waals surface area contributed by atoms with E-state index in [2.05, 4.69) is 18.8 Å². The van der Waals surface area contributed by atoms with Crippen LogP contribution in [0.15, 0.2) is 12.3 Å². The van der Waals surface area contributed by atoms with E-state index >= 15 is 0 Å². The lowest BCUT2D eigenvalue weighted by Crippen LogP contribution is -2.15. The van der Waals surface area contributed by atoms with Crippen molar-refractivity contribution in [3.05, 3.63) is 23.0 Å². The van der Waals surface area contributed by atoms with Crippen molar-refractivity contribution in [1.29, 1.82) is 0 Å². The molecule has 0 radical (unpaired) electrons. The Labute approximate surface area is 119 Å². The Kier molecular flexibility index (Phi) is 6.64. The van der Waals surface area contributed by atoms with Crippen LogP contribution in [0.3, 0.4) is 0 Å². The second-order valence-corrected chi connectivity index (χ2v) is 5.00. The summed E-state index contributed by atoms with van der Waals surface area (Å²) in [5.41, 5.74) is 6.26. The number of ether oxygens (including phenoxy) is 1. The number of hydrogen-bond acceptors (Lipinski definition) is 4. The fraction of sp³-hybridized carbons (Fsp3) is 0.571. The average molecular weight is 285 g/mol. The molecule has 1 aromatic rings. The number of nitrogens with two attached hydrogens (primary N) is 1. The van der Waals surface area contributed by atoms with Gasteiger partial charge >= 0.3 is 5.97 Å². The predicted molar refractivity (Wildman–Crippen MR) is 77.2 cm³/mol. The fourth-order valence-corrected chi connectivity index (χ4v) is 1.94. The third-order valence-corrected chi connectivity index (χ3v) is 3.32. The van der Waals surface area contributed by atoms with Crippen molar-refractivity contribution < 1.29 is 9.53 Å². The van der Waals surface area contributed by atoms with Crippen LogP contribution < -0.4 is 5.73 Å². The molecule has 1 aromatic heterocycles. The van der Waals surface area contributed by atoms with Crippen molar-refractivity contribution in [2.24, 2.45) is 5.92 Å². The van der Waals surface area contributed by atoms with Gasteiger partial charge in [0.2, 0.25) is 0 Å². The van der Waals surface area contributed by atoms with E-state index in [0.717, 1.165) is 25.7 Å². The molecule has 0 aliphatic carbocycles.